The summed E-state index contributed by atoms with van der Waals surface area (Å²) in [6.45, 7) is 4.43. The van der Waals surface area contributed by atoms with Gasteiger partial charge >= 0.3 is 0 Å². The average molecular weight is 605 g/mol. The molecule has 230 valence electrons. The highest BCUT2D eigenvalue weighted by Gasteiger charge is 2.38. The highest BCUT2D eigenvalue weighted by atomic mass is 16.3. The van der Waals surface area contributed by atoms with Crippen LogP contribution in [0.15, 0.2) is 102 Å². The summed E-state index contributed by atoms with van der Waals surface area (Å²) in [4.78, 5) is 37.9. The van der Waals surface area contributed by atoms with Crippen LogP contribution in [-0.4, -0.2) is 65.9 Å². The second kappa shape index (κ2) is 14.1. The minimum atomic E-state index is -0.870. The maximum absolute atomic E-state index is 14.3. The van der Waals surface area contributed by atoms with Gasteiger partial charge in [-0.05, 0) is 65.9 Å². The van der Waals surface area contributed by atoms with Crippen molar-refractivity contribution in [3.05, 3.63) is 120 Å². The van der Waals surface area contributed by atoms with Crippen molar-refractivity contribution < 1.29 is 14.0 Å². The van der Waals surface area contributed by atoms with Gasteiger partial charge in [-0.2, -0.15) is 4.80 Å². The van der Waals surface area contributed by atoms with Gasteiger partial charge in [0.15, 0.2) is 5.76 Å². The number of hydrogen-bond donors (Lipinski definition) is 1. The lowest BCUT2D eigenvalue weighted by atomic mass is 9.96. The Balaban J connectivity index is 1.26. The van der Waals surface area contributed by atoms with E-state index in [-0.39, 0.29) is 24.4 Å². The largest absolute Gasteiger partial charge is 0.458 e. The van der Waals surface area contributed by atoms with E-state index >= 15 is 0 Å². The number of nitrogens with zero attached hydrogens (tertiary/aromatic N) is 7. The third-order valence-electron chi connectivity index (χ3n) is 8.04. The predicted octanol–water partition coefficient (Wildman–Crippen LogP) is 4.19. The molecule has 1 aliphatic rings. The third kappa shape index (κ3) is 7.50. The number of aryl methyl sites for hydroxylation is 1. The number of amides is 2. The van der Waals surface area contributed by atoms with Gasteiger partial charge in [0.05, 0.1) is 0 Å². The normalized spacial score (nSPS) is 14.6. The van der Waals surface area contributed by atoms with Gasteiger partial charge in [-0.25, -0.2) is 0 Å². The van der Waals surface area contributed by atoms with E-state index in [4.69, 9.17) is 4.42 Å². The molecule has 0 spiro atoms. The summed E-state index contributed by atoms with van der Waals surface area (Å²) in [5.74, 6) is 0.965. The van der Waals surface area contributed by atoms with Crippen molar-refractivity contribution in [3.8, 4) is 11.6 Å². The van der Waals surface area contributed by atoms with E-state index in [0.29, 0.717) is 36.5 Å². The van der Waals surface area contributed by atoms with Gasteiger partial charge in [-0.15, -0.1) is 10.2 Å². The molecule has 1 N–H and O–H groups in total. The van der Waals surface area contributed by atoms with Crippen LogP contribution in [0.2, 0.25) is 0 Å². The first kappa shape index (κ1) is 29.9. The number of pyridine rings is 1. The van der Waals surface area contributed by atoms with Crippen molar-refractivity contribution in [2.24, 2.45) is 0 Å². The summed E-state index contributed by atoms with van der Waals surface area (Å²) >= 11 is 0. The highest BCUT2D eigenvalue weighted by molar-refractivity contribution is 5.89. The number of carbonyl (C=O) groups is 2. The SMILES string of the molecule is Cc1ccc(-c2nnn(CC(=O)N(C3CCN(Cc4ccccc4)CC3)C(C(=O)NCc3ccccc3)c3ccncc3)n2)o1. The summed E-state index contributed by atoms with van der Waals surface area (Å²) in [7, 11) is 0. The quantitative estimate of drug-likeness (QED) is 0.238. The molecule has 6 rings (SSSR count). The van der Waals surface area contributed by atoms with Crippen LogP contribution in [0.1, 0.15) is 41.3 Å². The maximum atomic E-state index is 14.3. The fraction of sp³-hybridized carbons (Fsp3) is 0.294. The fourth-order valence-electron chi connectivity index (χ4n) is 5.79. The van der Waals surface area contributed by atoms with Crippen molar-refractivity contribution in [1.82, 2.24) is 40.3 Å². The van der Waals surface area contributed by atoms with Crippen LogP contribution < -0.4 is 5.32 Å². The first-order chi connectivity index (χ1) is 22.0. The number of carbonyl (C=O) groups excluding carboxylic acids is 2. The first-order valence-electron chi connectivity index (χ1n) is 15.2. The predicted molar refractivity (Wildman–Crippen MR) is 167 cm³/mol. The van der Waals surface area contributed by atoms with Crippen molar-refractivity contribution in [3.63, 3.8) is 0 Å². The first-order valence-corrected chi connectivity index (χ1v) is 15.2. The molecule has 1 atom stereocenters. The number of piperidine rings is 1. The smallest absolute Gasteiger partial charge is 0.247 e. The van der Waals surface area contributed by atoms with Crippen LogP contribution >= 0.6 is 0 Å². The Hall–Kier alpha value is -5.16. The zero-order chi connectivity index (χ0) is 31.0. The van der Waals surface area contributed by atoms with Gasteiger partial charge in [0.1, 0.15) is 18.3 Å². The molecule has 45 heavy (non-hydrogen) atoms. The van der Waals surface area contributed by atoms with Crippen molar-refractivity contribution >= 4 is 11.8 Å². The number of likely N-dealkylation sites (tertiary alicyclic amines) is 1. The Bertz CT molecular complexity index is 1680. The number of nitrogens with one attached hydrogen (secondary N) is 1. The van der Waals surface area contributed by atoms with Gasteiger partial charge < -0.3 is 14.6 Å². The standard InChI is InChI=1S/C34H36N8O3/c1-25-12-13-30(45-25)33-37-39-41(38-33)24-31(43)42(29-16-20-40(21-17-29)23-27-10-6-3-7-11-27)32(28-14-18-35-19-15-28)34(44)36-22-26-8-4-2-5-9-26/h2-15,18-19,29,32H,16-17,20-24H2,1H3,(H,36,44). The van der Waals surface area contributed by atoms with Crippen molar-refractivity contribution in [1.29, 1.82) is 0 Å². The molecule has 0 radical (unpaired) electrons. The maximum Gasteiger partial charge on any atom is 0.247 e. The molecule has 1 aliphatic heterocycles. The molecule has 1 saturated heterocycles. The second-order valence-corrected chi connectivity index (χ2v) is 11.2. The number of tetrazole rings is 1. The highest BCUT2D eigenvalue weighted by Crippen LogP contribution is 2.29. The minimum Gasteiger partial charge on any atom is -0.458 e. The van der Waals surface area contributed by atoms with Gasteiger partial charge in [0, 0.05) is 44.6 Å². The van der Waals surface area contributed by atoms with E-state index < -0.39 is 6.04 Å². The molecule has 11 nitrogen and oxygen atoms in total. The summed E-state index contributed by atoms with van der Waals surface area (Å²) in [6.07, 6.45) is 4.73. The van der Waals surface area contributed by atoms with Gasteiger partial charge in [0.25, 0.3) is 0 Å². The van der Waals surface area contributed by atoms with Crippen LogP contribution in [0.4, 0.5) is 0 Å². The van der Waals surface area contributed by atoms with Gasteiger partial charge in [-0.3, -0.25) is 19.5 Å². The molecular weight excluding hydrogens is 568 g/mol. The molecule has 5 aromatic rings. The number of rotatable bonds is 11. The summed E-state index contributed by atoms with van der Waals surface area (Å²) in [6, 6.07) is 26.2. The van der Waals surface area contributed by atoms with Gasteiger partial charge in [-0.1, -0.05) is 60.7 Å². The zero-order valence-corrected chi connectivity index (χ0v) is 25.2. The summed E-state index contributed by atoms with van der Waals surface area (Å²) in [5.41, 5.74) is 2.91. The van der Waals surface area contributed by atoms with Crippen LogP contribution in [-0.2, 0) is 29.2 Å². The van der Waals surface area contributed by atoms with E-state index in [1.54, 1.807) is 35.5 Å². The average Bonchev–Trinajstić information content (AvgIpc) is 3.73. The van der Waals surface area contributed by atoms with Crippen LogP contribution in [0, 0.1) is 6.92 Å². The van der Waals surface area contributed by atoms with Crippen molar-refractivity contribution in [2.75, 3.05) is 13.1 Å². The number of hydrogen-bond acceptors (Lipinski definition) is 8. The molecule has 0 bridgehead atoms. The number of benzene rings is 2. The van der Waals surface area contributed by atoms with E-state index in [1.807, 2.05) is 61.5 Å². The molecule has 4 heterocycles. The molecule has 0 saturated carbocycles. The molecule has 11 heteroatoms. The monoisotopic (exact) mass is 604 g/mol. The Morgan fingerprint density at radius 3 is 2.29 bits per heavy atom. The molecule has 0 aliphatic carbocycles. The lowest BCUT2D eigenvalue weighted by molar-refractivity contribution is -0.145. The molecule has 1 fully saturated rings. The summed E-state index contributed by atoms with van der Waals surface area (Å²) < 4.78 is 5.64. The summed E-state index contributed by atoms with van der Waals surface area (Å²) in [5, 5.41) is 15.7. The lowest BCUT2D eigenvalue weighted by Crippen LogP contribution is -2.53. The van der Waals surface area contributed by atoms with E-state index in [9.17, 15) is 9.59 Å². The Labute approximate surface area is 261 Å². The van der Waals surface area contributed by atoms with Crippen LogP contribution in [0.25, 0.3) is 11.6 Å². The minimum absolute atomic E-state index is 0.176. The van der Waals surface area contributed by atoms with E-state index in [0.717, 1.165) is 31.0 Å². The zero-order valence-electron chi connectivity index (χ0n) is 25.2. The lowest BCUT2D eigenvalue weighted by Gasteiger charge is -2.42. The van der Waals surface area contributed by atoms with Crippen LogP contribution in [0.3, 0.4) is 0 Å². The molecule has 3 aromatic heterocycles. The fourth-order valence-corrected chi connectivity index (χ4v) is 5.79. The molecule has 1 unspecified atom stereocenters. The molecular formula is C34H36N8O3. The second-order valence-electron chi connectivity index (χ2n) is 11.2. The molecule has 2 amide bonds. The molecule has 2 aromatic carbocycles. The topological polar surface area (TPSA) is 122 Å². The third-order valence-corrected chi connectivity index (χ3v) is 8.04. The Morgan fingerprint density at radius 1 is 0.933 bits per heavy atom. The van der Waals surface area contributed by atoms with Gasteiger partial charge in [0.2, 0.25) is 17.6 Å². The van der Waals surface area contributed by atoms with Crippen LogP contribution in [0.5, 0.6) is 0 Å². The Morgan fingerprint density at radius 2 is 1.62 bits per heavy atom. The number of furan rings is 1. The van der Waals surface area contributed by atoms with E-state index in [1.165, 1.54) is 10.4 Å². The van der Waals surface area contributed by atoms with Crippen molar-refractivity contribution in [2.45, 2.75) is 51.5 Å². The van der Waals surface area contributed by atoms with E-state index in [2.05, 4.69) is 42.7 Å². The Kier molecular flexibility index (Phi) is 9.35. The number of aromatic nitrogens is 5.